The number of nitrogens with zero attached hydrogens (tertiary/aromatic N) is 2. The standard InChI is InChI=1S/C11H12IN3O/c12-10-7-14-11-9(10)5-8(6-13-11)15-1-3-16-4-2-15/h5-7H,1-4H2,(H,13,14). The molecule has 0 aliphatic carbocycles. The molecule has 2 aromatic rings. The van der Waals surface area contributed by atoms with Gasteiger partial charge in [-0.15, -0.1) is 0 Å². The molecular formula is C11H12IN3O. The van der Waals surface area contributed by atoms with Gasteiger partial charge in [-0.05, 0) is 28.7 Å². The molecule has 0 saturated carbocycles. The van der Waals surface area contributed by atoms with E-state index in [1.807, 2.05) is 12.4 Å². The van der Waals surface area contributed by atoms with E-state index >= 15 is 0 Å². The zero-order valence-corrected chi connectivity index (χ0v) is 10.9. The molecule has 0 amide bonds. The van der Waals surface area contributed by atoms with E-state index in [2.05, 4.69) is 43.5 Å². The maximum absolute atomic E-state index is 5.35. The highest BCUT2D eigenvalue weighted by Gasteiger charge is 2.12. The van der Waals surface area contributed by atoms with E-state index in [1.54, 1.807) is 0 Å². The van der Waals surface area contributed by atoms with Crippen LogP contribution < -0.4 is 4.90 Å². The highest BCUT2D eigenvalue weighted by Crippen LogP contribution is 2.24. The zero-order valence-electron chi connectivity index (χ0n) is 8.74. The lowest BCUT2D eigenvalue weighted by Gasteiger charge is -2.28. The minimum absolute atomic E-state index is 0.808. The summed E-state index contributed by atoms with van der Waals surface area (Å²) in [5.74, 6) is 0. The van der Waals surface area contributed by atoms with Gasteiger partial charge in [-0.1, -0.05) is 0 Å². The molecule has 0 spiro atoms. The third-order valence-corrected chi connectivity index (χ3v) is 3.73. The van der Waals surface area contributed by atoms with Crippen molar-refractivity contribution in [3.8, 4) is 0 Å². The fourth-order valence-electron chi connectivity index (χ4n) is 1.95. The Kier molecular flexibility index (Phi) is 2.72. The first-order valence-corrected chi connectivity index (χ1v) is 6.38. The second-order valence-corrected chi connectivity index (χ2v) is 4.99. The molecule has 5 heteroatoms. The topological polar surface area (TPSA) is 41.2 Å². The minimum atomic E-state index is 0.808. The number of aromatic amines is 1. The van der Waals surface area contributed by atoms with Gasteiger partial charge >= 0.3 is 0 Å². The molecule has 3 heterocycles. The molecule has 0 radical (unpaired) electrons. The fraction of sp³-hybridized carbons (Fsp3) is 0.364. The first kappa shape index (κ1) is 10.3. The summed E-state index contributed by atoms with van der Waals surface area (Å²) in [6.07, 6.45) is 3.92. The minimum Gasteiger partial charge on any atom is -0.378 e. The summed E-state index contributed by atoms with van der Waals surface area (Å²) in [7, 11) is 0. The van der Waals surface area contributed by atoms with E-state index in [-0.39, 0.29) is 0 Å². The number of aromatic nitrogens is 2. The molecule has 3 rings (SSSR count). The molecule has 0 bridgehead atoms. The van der Waals surface area contributed by atoms with Crippen molar-refractivity contribution in [2.75, 3.05) is 31.2 Å². The Morgan fingerprint density at radius 1 is 1.38 bits per heavy atom. The van der Waals surface area contributed by atoms with Gasteiger partial charge in [0.2, 0.25) is 0 Å². The molecule has 4 nitrogen and oxygen atoms in total. The molecular weight excluding hydrogens is 317 g/mol. The quantitative estimate of drug-likeness (QED) is 0.814. The zero-order chi connectivity index (χ0) is 11.0. The Labute approximate surface area is 107 Å². The Bertz CT molecular complexity index is 505. The highest BCUT2D eigenvalue weighted by atomic mass is 127. The summed E-state index contributed by atoms with van der Waals surface area (Å²) in [5.41, 5.74) is 2.15. The van der Waals surface area contributed by atoms with Gasteiger partial charge in [0.25, 0.3) is 0 Å². The van der Waals surface area contributed by atoms with Crippen LogP contribution in [-0.4, -0.2) is 36.3 Å². The van der Waals surface area contributed by atoms with Crippen LogP contribution in [0.2, 0.25) is 0 Å². The van der Waals surface area contributed by atoms with Gasteiger partial charge < -0.3 is 14.6 Å². The van der Waals surface area contributed by atoms with Crippen LogP contribution in [-0.2, 0) is 4.74 Å². The molecule has 16 heavy (non-hydrogen) atoms. The molecule has 1 saturated heterocycles. The van der Waals surface area contributed by atoms with Crippen LogP contribution in [0.25, 0.3) is 11.0 Å². The van der Waals surface area contributed by atoms with E-state index < -0.39 is 0 Å². The van der Waals surface area contributed by atoms with Crippen LogP contribution >= 0.6 is 22.6 Å². The molecule has 1 N–H and O–H groups in total. The number of halogens is 1. The van der Waals surface area contributed by atoms with Gasteiger partial charge in [-0.2, -0.15) is 0 Å². The lowest BCUT2D eigenvalue weighted by atomic mass is 10.3. The average molecular weight is 329 g/mol. The number of morpholine rings is 1. The van der Waals surface area contributed by atoms with Crippen LogP contribution in [0, 0.1) is 3.57 Å². The number of pyridine rings is 1. The monoisotopic (exact) mass is 329 g/mol. The molecule has 0 aromatic carbocycles. The van der Waals surface area contributed by atoms with Crippen molar-refractivity contribution < 1.29 is 4.74 Å². The molecule has 0 unspecified atom stereocenters. The Morgan fingerprint density at radius 3 is 3.00 bits per heavy atom. The normalized spacial score (nSPS) is 16.9. The molecule has 84 valence electrons. The number of fused-ring (bicyclic) bond motifs is 1. The van der Waals surface area contributed by atoms with Crippen molar-refractivity contribution in [2.45, 2.75) is 0 Å². The van der Waals surface area contributed by atoms with Crippen molar-refractivity contribution in [3.63, 3.8) is 0 Å². The molecule has 2 aromatic heterocycles. The van der Waals surface area contributed by atoms with E-state index in [0.29, 0.717) is 0 Å². The number of nitrogens with one attached hydrogen (secondary N) is 1. The highest BCUT2D eigenvalue weighted by molar-refractivity contribution is 14.1. The summed E-state index contributed by atoms with van der Waals surface area (Å²) in [4.78, 5) is 9.91. The molecule has 0 atom stereocenters. The Morgan fingerprint density at radius 2 is 2.19 bits per heavy atom. The Balaban J connectivity index is 1.99. The van der Waals surface area contributed by atoms with Gasteiger partial charge in [-0.3, -0.25) is 0 Å². The average Bonchev–Trinajstić information content (AvgIpc) is 2.72. The SMILES string of the molecule is Ic1c[nH]c2ncc(N3CCOCC3)cc12. The maximum atomic E-state index is 5.35. The fourth-order valence-corrected chi connectivity index (χ4v) is 2.52. The maximum Gasteiger partial charge on any atom is 0.138 e. The van der Waals surface area contributed by atoms with E-state index in [1.165, 1.54) is 14.6 Å². The summed E-state index contributed by atoms with van der Waals surface area (Å²) in [6, 6.07) is 2.20. The second kappa shape index (κ2) is 4.21. The first-order chi connectivity index (χ1) is 7.84. The second-order valence-electron chi connectivity index (χ2n) is 3.83. The number of anilines is 1. The summed E-state index contributed by atoms with van der Waals surface area (Å²) >= 11 is 2.33. The number of rotatable bonds is 1. The number of H-pyrrole nitrogens is 1. The number of hydrogen-bond donors (Lipinski definition) is 1. The van der Waals surface area contributed by atoms with Crippen LogP contribution in [0.5, 0.6) is 0 Å². The van der Waals surface area contributed by atoms with Gasteiger partial charge in [0, 0.05) is 28.2 Å². The third-order valence-electron chi connectivity index (χ3n) is 2.84. The lowest BCUT2D eigenvalue weighted by Crippen LogP contribution is -2.36. The van der Waals surface area contributed by atoms with Crippen LogP contribution in [0.4, 0.5) is 5.69 Å². The van der Waals surface area contributed by atoms with Gasteiger partial charge in [0.1, 0.15) is 5.65 Å². The molecule has 1 aliphatic heterocycles. The third kappa shape index (κ3) is 1.78. The van der Waals surface area contributed by atoms with Crippen molar-refractivity contribution >= 4 is 39.3 Å². The van der Waals surface area contributed by atoms with E-state index in [0.717, 1.165) is 32.0 Å². The number of hydrogen-bond acceptors (Lipinski definition) is 3. The lowest BCUT2D eigenvalue weighted by molar-refractivity contribution is 0.122. The van der Waals surface area contributed by atoms with E-state index in [9.17, 15) is 0 Å². The summed E-state index contributed by atoms with van der Waals surface area (Å²) in [6.45, 7) is 3.52. The number of ether oxygens (including phenoxy) is 1. The van der Waals surface area contributed by atoms with Gasteiger partial charge in [-0.25, -0.2) is 4.98 Å². The predicted molar refractivity (Wildman–Crippen MR) is 71.8 cm³/mol. The molecule has 1 fully saturated rings. The summed E-state index contributed by atoms with van der Waals surface area (Å²) in [5, 5.41) is 1.20. The van der Waals surface area contributed by atoms with Crippen LogP contribution in [0.1, 0.15) is 0 Å². The Hall–Kier alpha value is -0.820. The largest absolute Gasteiger partial charge is 0.378 e. The van der Waals surface area contributed by atoms with Gasteiger partial charge in [0.15, 0.2) is 0 Å². The molecule has 1 aliphatic rings. The van der Waals surface area contributed by atoms with Crippen LogP contribution in [0.3, 0.4) is 0 Å². The van der Waals surface area contributed by atoms with Crippen molar-refractivity contribution in [2.24, 2.45) is 0 Å². The summed E-state index contributed by atoms with van der Waals surface area (Å²) < 4.78 is 6.57. The first-order valence-electron chi connectivity index (χ1n) is 5.30. The van der Waals surface area contributed by atoms with Crippen molar-refractivity contribution in [1.82, 2.24) is 9.97 Å². The van der Waals surface area contributed by atoms with Crippen molar-refractivity contribution in [1.29, 1.82) is 0 Å². The van der Waals surface area contributed by atoms with Crippen LogP contribution in [0.15, 0.2) is 18.5 Å². The smallest absolute Gasteiger partial charge is 0.138 e. The van der Waals surface area contributed by atoms with Gasteiger partial charge in [0.05, 0.1) is 25.1 Å². The van der Waals surface area contributed by atoms with E-state index in [4.69, 9.17) is 4.74 Å². The predicted octanol–water partition coefficient (Wildman–Crippen LogP) is 2.00. The van der Waals surface area contributed by atoms with Crippen molar-refractivity contribution in [3.05, 3.63) is 22.0 Å².